The third-order valence-corrected chi connectivity index (χ3v) is 4.63. The minimum Gasteiger partial charge on any atom is -0.456 e. The Balaban J connectivity index is 1.63. The predicted octanol–water partition coefficient (Wildman–Crippen LogP) is 3.02. The summed E-state index contributed by atoms with van der Waals surface area (Å²) in [6.45, 7) is -0.324. The summed E-state index contributed by atoms with van der Waals surface area (Å²) in [5, 5.41) is 5.91. The van der Waals surface area contributed by atoms with Crippen LogP contribution in [0.1, 0.15) is 41.2 Å². The average molecular weight is 401 g/mol. The van der Waals surface area contributed by atoms with Crippen molar-refractivity contribution >= 4 is 29.4 Å². The highest BCUT2D eigenvalue weighted by Gasteiger charge is 2.25. The zero-order valence-electron chi connectivity index (χ0n) is 15.2. The van der Waals surface area contributed by atoms with E-state index in [0.29, 0.717) is 10.6 Å². The molecule has 1 atom stereocenters. The zero-order valence-corrected chi connectivity index (χ0v) is 15.9. The lowest BCUT2D eigenvalue weighted by molar-refractivity contribution is -0.149. The fourth-order valence-corrected chi connectivity index (χ4v) is 2.91. The number of nitrogens with one attached hydrogen (secondary N) is 2. The fourth-order valence-electron chi connectivity index (χ4n) is 2.69. The normalized spacial score (nSPS) is 14.0. The third kappa shape index (κ3) is 5.82. The van der Waals surface area contributed by atoms with E-state index < -0.39 is 17.9 Å². The second-order valence-electron chi connectivity index (χ2n) is 6.62. The molecule has 2 aromatic carbocycles. The number of benzene rings is 2. The van der Waals surface area contributed by atoms with Crippen LogP contribution in [-0.2, 0) is 14.3 Å². The Kier molecular flexibility index (Phi) is 6.66. The number of halogens is 1. The first-order valence-corrected chi connectivity index (χ1v) is 9.46. The van der Waals surface area contributed by atoms with Gasteiger partial charge in [-0.2, -0.15) is 0 Å². The molecule has 0 bridgehead atoms. The molecule has 1 fully saturated rings. The van der Waals surface area contributed by atoms with Crippen LogP contribution in [0.15, 0.2) is 54.6 Å². The van der Waals surface area contributed by atoms with Crippen molar-refractivity contribution in [3.05, 3.63) is 70.7 Å². The fraction of sp³-hybridized carbons (Fsp3) is 0.286. The van der Waals surface area contributed by atoms with Crippen LogP contribution in [0.2, 0.25) is 5.02 Å². The van der Waals surface area contributed by atoms with Crippen LogP contribution in [0.25, 0.3) is 0 Å². The van der Waals surface area contributed by atoms with Crippen LogP contribution < -0.4 is 10.6 Å². The van der Waals surface area contributed by atoms with E-state index >= 15 is 0 Å². The van der Waals surface area contributed by atoms with Gasteiger partial charge in [-0.25, -0.2) is 0 Å². The number of hydrogen-bond acceptors (Lipinski definition) is 4. The van der Waals surface area contributed by atoms with Crippen LogP contribution in [-0.4, -0.2) is 30.4 Å². The molecule has 1 saturated carbocycles. The molecule has 7 heteroatoms. The predicted molar refractivity (Wildman–Crippen MR) is 105 cm³/mol. The summed E-state index contributed by atoms with van der Waals surface area (Å²) in [4.78, 5) is 36.5. The van der Waals surface area contributed by atoms with Gasteiger partial charge in [-0.1, -0.05) is 54.1 Å². The highest BCUT2D eigenvalue weighted by Crippen LogP contribution is 2.21. The molecule has 2 N–H and O–H groups in total. The van der Waals surface area contributed by atoms with Gasteiger partial charge in [-0.3, -0.25) is 14.4 Å². The van der Waals surface area contributed by atoms with Crippen molar-refractivity contribution in [1.82, 2.24) is 10.6 Å². The zero-order chi connectivity index (χ0) is 19.9. The summed E-state index contributed by atoms with van der Waals surface area (Å²) in [5.41, 5.74) is 1.07. The molecule has 0 unspecified atom stereocenters. The Bertz CT molecular complexity index is 852. The van der Waals surface area contributed by atoms with Gasteiger partial charge in [0, 0.05) is 6.04 Å². The van der Waals surface area contributed by atoms with E-state index in [1.165, 1.54) is 0 Å². The SMILES string of the molecule is O=C(COC(=O)C[C@@H](NC(=O)c1ccccc1Cl)c1ccccc1)NC1CC1. The van der Waals surface area contributed by atoms with Crippen molar-refractivity contribution < 1.29 is 19.1 Å². The Hall–Kier alpha value is -2.86. The van der Waals surface area contributed by atoms with Crippen LogP contribution >= 0.6 is 11.6 Å². The average Bonchev–Trinajstić information content (AvgIpc) is 3.51. The largest absolute Gasteiger partial charge is 0.456 e. The van der Waals surface area contributed by atoms with Crippen molar-refractivity contribution in [3.8, 4) is 0 Å². The molecule has 2 amide bonds. The molecule has 0 radical (unpaired) electrons. The monoisotopic (exact) mass is 400 g/mol. The topological polar surface area (TPSA) is 84.5 Å². The lowest BCUT2D eigenvalue weighted by Gasteiger charge is -2.19. The second-order valence-corrected chi connectivity index (χ2v) is 7.03. The van der Waals surface area contributed by atoms with Crippen molar-refractivity contribution in [2.24, 2.45) is 0 Å². The van der Waals surface area contributed by atoms with Crippen LogP contribution in [0.4, 0.5) is 0 Å². The molecule has 0 saturated heterocycles. The van der Waals surface area contributed by atoms with Crippen molar-refractivity contribution in [3.63, 3.8) is 0 Å². The Morgan fingerprint density at radius 3 is 2.39 bits per heavy atom. The van der Waals surface area contributed by atoms with Crippen LogP contribution in [0.5, 0.6) is 0 Å². The van der Waals surface area contributed by atoms with Gasteiger partial charge in [0.15, 0.2) is 6.61 Å². The van der Waals surface area contributed by atoms with E-state index in [1.54, 1.807) is 24.3 Å². The van der Waals surface area contributed by atoms with E-state index in [2.05, 4.69) is 10.6 Å². The maximum absolute atomic E-state index is 12.6. The molecule has 0 aromatic heterocycles. The van der Waals surface area contributed by atoms with Gasteiger partial charge in [0.1, 0.15) is 0 Å². The Morgan fingerprint density at radius 2 is 1.71 bits per heavy atom. The molecule has 1 aliphatic carbocycles. The third-order valence-electron chi connectivity index (χ3n) is 4.30. The first kappa shape index (κ1) is 19.9. The first-order chi connectivity index (χ1) is 13.5. The number of hydrogen-bond donors (Lipinski definition) is 2. The van der Waals surface area contributed by atoms with Gasteiger partial charge in [-0.15, -0.1) is 0 Å². The number of esters is 1. The number of carbonyl (C=O) groups excluding carboxylic acids is 3. The van der Waals surface area contributed by atoms with E-state index in [4.69, 9.17) is 16.3 Å². The van der Waals surface area contributed by atoms with Crippen molar-refractivity contribution in [2.75, 3.05) is 6.61 Å². The quantitative estimate of drug-likeness (QED) is 0.667. The molecule has 28 heavy (non-hydrogen) atoms. The van der Waals surface area contributed by atoms with Gasteiger partial charge in [0.25, 0.3) is 11.8 Å². The standard InChI is InChI=1S/C21H21ClN2O4/c22-17-9-5-4-8-16(17)21(27)24-18(14-6-2-1-3-7-14)12-20(26)28-13-19(25)23-15-10-11-15/h1-9,15,18H,10-13H2,(H,23,25)(H,24,27)/t18-/m1/s1. The molecule has 0 aliphatic heterocycles. The van der Waals surface area contributed by atoms with E-state index in [1.807, 2.05) is 30.3 Å². The van der Waals surface area contributed by atoms with Crippen LogP contribution in [0.3, 0.4) is 0 Å². The Labute approximate surface area is 168 Å². The lowest BCUT2D eigenvalue weighted by Crippen LogP contribution is -2.33. The molecule has 2 aromatic rings. The smallest absolute Gasteiger partial charge is 0.308 e. The molecule has 1 aliphatic rings. The maximum Gasteiger partial charge on any atom is 0.308 e. The van der Waals surface area contributed by atoms with Gasteiger partial charge >= 0.3 is 5.97 Å². The van der Waals surface area contributed by atoms with Gasteiger partial charge in [0.05, 0.1) is 23.0 Å². The van der Waals surface area contributed by atoms with Crippen LogP contribution in [0, 0.1) is 0 Å². The summed E-state index contributed by atoms with van der Waals surface area (Å²) >= 11 is 6.09. The first-order valence-electron chi connectivity index (χ1n) is 9.08. The van der Waals surface area contributed by atoms with Crippen molar-refractivity contribution in [2.45, 2.75) is 31.3 Å². The molecule has 3 rings (SSSR count). The molecule has 0 heterocycles. The molecular weight excluding hydrogens is 380 g/mol. The number of amides is 2. The van der Waals surface area contributed by atoms with E-state index in [0.717, 1.165) is 18.4 Å². The van der Waals surface area contributed by atoms with Gasteiger partial charge < -0.3 is 15.4 Å². The summed E-state index contributed by atoms with van der Waals surface area (Å²) < 4.78 is 5.07. The Morgan fingerprint density at radius 1 is 1.04 bits per heavy atom. The molecule has 6 nitrogen and oxygen atoms in total. The van der Waals surface area contributed by atoms with Gasteiger partial charge in [-0.05, 0) is 30.5 Å². The van der Waals surface area contributed by atoms with E-state index in [9.17, 15) is 14.4 Å². The van der Waals surface area contributed by atoms with Crippen molar-refractivity contribution in [1.29, 1.82) is 0 Å². The molecular formula is C21H21ClN2O4. The lowest BCUT2D eigenvalue weighted by atomic mass is 10.0. The molecule has 0 spiro atoms. The summed E-state index contributed by atoms with van der Waals surface area (Å²) in [7, 11) is 0. The highest BCUT2D eigenvalue weighted by molar-refractivity contribution is 6.33. The van der Waals surface area contributed by atoms with E-state index in [-0.39, 0.29) is 25.0 Å². The summed E-state index contributed by atoms with van der Waals surface area (Å²) in [5.74, 6) is -1.27. The second kappa shape index (κ2) is 9.37. The summed E-state index contributed by atoms with van der Waals surface area (Å²) in [6.07, 6.45) is 1.82. The highest BCUT2D eigenvalue weighted by atomic mass is 35.5. The number of ether oxygens (including phenoxy) is 1. The number of rotatable bonds is 8. The van der Waals surface area contributed by atoms with Gasteiger partial charge in [0.2, 0.25) is 0 Å². The minimum absolute atomic E-state index is 0.100. The minimum atomic E-state index is -0.607. The number of carbonyl (C=O) groups is 3. The molecule has 146 valence electrons. The maximum atomic E-state index is 12.6. The summed E-state index contributed by atoms with van der Waals surface area (Å²) in [6, 6.07) is 15.4.